The molecule has 0 unspecified atom stereocenters. The van der Waals surface area contributed by atoms with Crippen molar-refractivity contribution in [2.75, 3.05) is 12.0 Å². The second-order valence-corrected chi connectivity index (χ2v) is 9.40. The van der Waals surface area contributed by atoms with Gasteiger partial charge in [-0.3, -0.25) is 35.1 Å². The first-order valence-corrected chi connectivity index (χ1v) is 13.1. The minimum atomic E-state index is -0.925. The van der Waals surface area contributed by atoms with E-state index >= 15 is 0 Å². The lowest BCUT2D eigenvalue weighted by Gasteiger charge is -2.26. The molecule has 1 fully saturated rings. The molecule has 0 aliphatic carbocycles. The van der Waals surface area contributed by atoms with Crippen molar-refractivity contribution in [2.24, 2.45) is 0 Å². The van der Waals surface area contributed by atoms with Gasteiger partial charge in [0, 0.05) is 6.07 Å². The highest BCUT2D eigenvalue weighted by atomic mass is 16.6. The predicted octanol–water partition coefficient (Wildman–Crippen LogP) is 5.55. The number of hydrogen-bond donors (Lipinski definition) is 1. The normalized spacial score (nSPS) is 13.8. The standard InChI is InChI=1S/C31H22N4O10/c1-43-28-16-20(7-13-27(28)45-26-14-10-22(34(39)40)17-25(26)35(41)42)15-24-29(36)32-31(38)33(30(24)37)21-8-11-23(12-9-21)44-18-19-5-3-2-4-6-19/h2-17H,18H2,1H3,(H,32,36,38)/b24-15+. The first kappa shape index (κ1) is 29.9. The first-order valence-electron chi connectivity index (χ1n) is 13.1. The van der Waals surface area contributed by atoms with Crippen molar-refractivity contribution in [3.63, 3.8) is 0 Å². The molecule has 14 heteroatoms. The quantitative estimate of drug-likeness (QED) is 0.103. The largest absolute Gasteiger partial charge is 0.493 e. The number of imide groups is 2. The summed E-state index contributed by atoms with van der Waals surface area (Å²) >= 11 is 0. The van der Waals surface area contributed by atoms with Gasteiger partial charge in [-0.25, -0.2) is 9.69 Å². The van der Waals surface area contributed by atoms with Gasteiger partial charge in [0.1, 0.15) is 17.9 Å². The number of hydrogen-bond acceptors (Lipinski definition) is 10. The third-order valence-electron chi connectivity index (χ3n) is 6.51. The van der Waals surface area contributed by atoms with E-state index in [1.807, 2.05) is 30.3 Å². The van der Waals surface area contributed by atoms with Gasteiger partial charge < -0.3 is 14.2 Å². The Labute approximate surface area is 254 Å². The van der Waals surface area contributed by atoms with Crippen molar-refractivity contribution in [3.05, 3.63) is 128 Å². The zero-order valence-corrected chi connectivity index (χ0v) is 23.4. The van der Waals surface area contributed by atoms with Gasteiger partial charge in [0.05, 0.1) is 28.7 Å². The number of nitro benzene ring substituents is 2. The number of nitrogens with one attached hydrogen (secondary N) is 1. The molecule has 4 aromatic carbocycles. The van der Waals surface area contributed by atoms with E-state index in [1.165, 1.54) is 43.5 Å². The van der Waals surface area contributed by atoms with Crippen molar-refractivity contribution < 1.29 is 38.4 Å². The van der Waals surface area contributed by atoms with Crippen LogP contribution in [0.2, 0.25) is 0 Å². The van der Waals surface area contributed by atoms with E-state index in [-0.39, 0.29) is 28.5 Å². The molecule has 0 spiro atoms. The number of amides is 4. The Morgan fingerprint density at radius 3 is 2.20 bits per heavy atom. The number of carbonyl (C=O) groups excluding carboxylic acids is 3. The second kappa shape index (κ2) is 12.7. The van der Waals surface area contributed by atoms with Crippen molar-refractivity contribution >= 4 is 41.0 Å². The molecule has 226 valence electrons. The fourth-order valence-corrected chi connectivity index (χ4v) is 4.32. The summed E-state index contributed by atoms with van der Waals surface area (Å²) in [7, 11) is 1.30. The van der Waals surface area contributed by atoms with Crippen LogP contribution in [0.5, 0.6) is 23.0 Å². The highest BCUT2D eigenvalue weighted by Crippen LogP contribution is 2.39. The summed E-state index contributed by atoms with van der Waals surface area (Å²) in [5.74, 6) is -1.47. The molecule has 0 aromatic heterocycles. The molecule has 1 heterocycles. The lowest BCUT2D eigenvalue weighted by Crippen LogP contribution is -2.54. The van der Waals surface area contributed by atoms with Gasteiger partial charge in [0.25, 0.3) is 17.5 Å². The summed E-state index contributed by atoms with van der Waals surface area (Å²) in [5.41, 5.74) is -0.00495. The molecule has 0 bridgehead atoms. The third kappa shape index (κ3) is 6.59. The van der Waals surface area contributed by atoms with Crippen LogP contribution in [0.25, 0.3) is 6.08 Å². The second-order valence-electron chi connectivity index (χ2n) is 9.40. The topological polar surface area (TPSA) is 180 Å². The van der Waals surface area contributed by atoms with Gasteiger partial charge in [-0.1, -0.05) is 36.4 Å². The maximum absolute atomic E-state index is 13.4. The fourth-order valence-electron chi connectivity index (χ4n) is 4.32. The number of benzene rings is 4. The zero-order valence-electron chi connectivity index (χ0n) is 23.4. The summed E-state index contributed by atoms with van der Waals surface area (Å²) in [6.07, 6.45) is 1.25. The number of nitrogens with zero attached hydrogens (tertiary/aromatic N) is 3. The van der Waals surface area contributed by atoms with Crippen LogP contribution in [0.3, 0.4) is 0 Å². The maximum Gasteiger partial charge on any atom is 0.335 e. The number of anilines is 1. The van der Waals surface area contributed by atoms with Gasteiger partial charge in [0.15, 0.2) is 11.5 Å². The van der Waals surface area contributed by atoms with Gasteiger partial charge in [-0.15, -0.1) is 0 Å². The summed E-state index contributed by atoms with van der Waals surface area (Å²) < 4.78 is 16.7. The number of carbonyl (C=O) groups is 3. The molecular formula is C31H22N4O10. The van der Waals surface area contributed by atoms with Crippen LogP contribution in [0, 0.1) is 20.2 Å². The first-order chi connectivity index (χ1) is 21.6. The lowest BCUT2D eigenvalue weighted by atomic mass is 10.1. The molecule has 14 nitrogen and oxygen atoms in total. The smallest absolute Gasteiger partial charge is 0.335 e. The number of rotatable bonds is 10. The summed E-state index contributed by atoms with van der Waals surface area (Å²) in [6, 6.07) is 21.9. The Hall–Kier alpha value is -6.57. The molecule has 0 saturated carbocycles. The maximum atomic E-state index is 13.4. The predicted molar refractivity (Wildman–Crippen MR) is 159 cm³/mol. The highest BCUT2D eigenvalue weighted by molar-refractivity contribution is 6.39. The van der Waals surface area contributed by atoms with Crippen LogP contribution in [-0.2, 0) is 16.2 Å². The van der Waals surface area contributed by atoms with E-state index in [2.05, 4.69) is 5.32 Å². The zero-order chi connectivity index (χ0) is 32.1. The molecule has 4 amide bonds. The van der Waals surface area contributed by atoms with Crippen LogP contribution >= 0.6 is 0 Å². The Bertz CT molecular complexity index is 1860. The van der Waals surface area contributed by atoms with Gasteiger partial charge in [-0.05, 0) is 59.7 Å². The van der Waals surface area contributed by atoms with E-state index in [9.17, 15) is 34.6 Å². The van der Waals surface area contributed by atoms with Gasteiger partial charge >= 0.3 is 11.7 Å². The summed E-state index contributed by atoms with van der Waals surface area (Å²) in [6.45, 7) is 0.322. The van der Waals surface area contributed by atoms with Gasteiger partial charge in [-0.2, -0.15) is 0 Å². The average molecular weight is 611 g/mol. The number of urea groups is 1. The van der Waals surface area contributed by atoms with Crippen molar-refractivity contribution in [1.29, 1.82) is 0 Å². The molecule has 45 heavy (non-hydrogen) atoms. The number of nitro groups is 2. The average Bonchev–Trinajstić information content (AvgIpc) is 3.03. The van der Waals surface area contributed by atoms with Crippen molar-refractivity contribution in [2.45, 2.75) is 6.61 Å². The Morgan fingerprint density at radius 1 is 0.822 bits per heavy atom. The molecule has 1 aliphatic rings. The Morgan fingerprint density at radius 2 is 1.53 bits per heavy atom. The molecule has 1 saturated heterocycles. The molecule has 0 atom stereocenters. The monoisotopic (exact) mass is 610 g/mol. The molecular weight excluding hydrogens is 588 g/mol. The van der Waals surface area contributed by atoms with E-state index in [4.69, 9.17) is 14.2 Å². The molecule has 4 aromatic rings. The number of ether oxygens (including phenoxy) is 3. The molecule has 0 radical (unpaired) electrons. The number of barbiturate groups is 1. The van der Waals surface area contributed by atoms with E-state index in [0.29, 0.717) is 17.9 Å². The lowest BCUT2D eigenvalue weighted by molar-refractivity contribution is -0.394. The SMILES string of the molecule is COc1cc(/C=C2\C(=O)NC(=O)N(c3ccc(OCc4ccccc4)cc3)C2=O)ccc1Oc1ccc([N+](=O)[O-])cc1[N+](=O)[O-]. The number of non-ortho nitro benzene ring substituents is 1. The van der Waals surface area contributed by atoms with Crippen LogP contribution in [0.1, 0.15) is 11.1 Å². The van der Waals surface area contributed by atoms with Crippen molar-refractivity contribution in [1.82, 2.24) is 5.32 Å². The molecule has 1 aliphatic heterocycles. The summed E-state index contributed by atoms with van der Waals surface area (Å²) in [4.78, 5) is 60.4. The number of methoxy groups -OCH3 is 1. The van der Waals surface area contributed by atoms with Crippen LogP contribution < -0.4 is 24.4 Å². The van der Waals surface area contributed by atoms with Gasteiger partial charge in [0.2, 0.25) is 5.75 Å². The Balaban J connectivity index is 1.37. The van der Waals surface area contributed by atoms with E-state index in [0.717, 1.165) is 28.7 Å². The van der Waals surface area contributed by atoms with Crippen LogP contribution in [0.4, 0.5) is 21.9 Å². The highest BCUT2D eigenvalue weighted by Gasteiger charge is 2.37. The van der Waals surface area contributed by atoms with E-state index < -0.39 is 39.1 Å². The third-order valence-corrected chi connectivity index (χ3v) is 6.51. The van der Waals surface area contributed by atoms with Crippen LogP contribution in [-0.4, -0.2) is 34.8 Å². The fraction of sp³-hybridized carbons (Fsp3) is 0.0645. The van der Waals surface area contributed by atoms with E-state index in [1.54, 1.807) is 12.1 Å². The summed E-state index contributed by atoms with van der Waals surface area (Å²) in [5, 5.41) is 24.7. The van der Waals surface area contributed by atoms with Crippen LogP contribution in [0.15, 0.2) is 96.6 Å². The minimum Gasteiger partial charge on any atom is -0.493 e. The van der Waals surface area contributed by atoms with Crippen molar-refractivity contribution in [3.8, 4) is 23.0 Å². The Kier molecular flexibility index (Phi) is 8.47. The molecule has 5 rings (SSSR count). The minimum absolute atomic E-state index is 0.0161. The molecule has 1 N–H and O–H groups in total.